The zero-order chi connectivity index (χ0) is 29.4. The molecule has 1 N–H and O–H groups in total. The molecule has 2 atom stereocenters. The summed E-state index contributed by atoms with van der Waals surface area (Å²) in [6.45, 7) is 18.2. The van der Waals surface area contributed by atoms with Crippen molar-refractivity contribution in [1.29, 1.82) is 0 Å². The van der Waals surface area contributed by atoms with E-state index in [0.717, 1.165) is 63.4 Å². The number of benzene rings is 1. The first-order valence-corrected chi connectivity index (χ1v) is 16.5. The van der Waals surface area contributed by atoms with Crippen molar-refractivity contribution in [3.8, 4) is 11.8 Å². The summed E-state index contributed by atoms with van der Waals surface area (Å²) in [5.74, 6) is 6.97. The zero-order valence-electron chi connectivity index (χ0n) is 25.8. The molecule has 0 fully saturated rings. The second kappa shape index (κ2) is 24.2. The second-order valence-electron chi connectivity index (χ2n) is 10.2. The molecule has 5 heteroatoms. The number of carbonyl (C=O) groups excluding carboxylic acids is 1. The molecule has 4 nitrogen and oxygen atoms in total. The molecule has 0 heterocycles. The van der Waals surface area contributed by atoms with Gasteiger partial charge in [-0.3, -0.25) is 0 Å². The fraction of sp³-hybridized carbons (Fsp3) is 0.667. The van der Waals surface area contributed by atoms with Crippen molar-refractivity contribution in [2.24, 2.45) is 5.92 Å². The van der Waals surface area contributed by atoms with Crippen LogP contribution in [0.1, 0.15) is 129 Å². The molecule has 0 saturated heterocycles. The molecule has 2 unspecified atom stereocenters. The molecule has 0 spiro atoms. The highest BCUT2D eigenvalue weighted by molar-refractivity contribution is 7.88. The fourth-order valence-electron chi connectivity index (χ4n) is 3.92. The Balaban J connectivity index is 0. The highest BCUT2D eigenvalue weighted by atomic mass is 32.2. The summed E-state index contributed by atoms with van der Waals surface area (Å²) in [7, 11) is -3.21. The predicted octanol–water partition coefficient (Wildman–Crippen LogP) is 8.56. The van der Waals surface area contributed by atoms with Crippen molar-refractivity contribution in [3.63, 3.8) is 0 Å². The van der Waals surface area contributed by atoms with Gasteiger partial charge in [0.2, 0.25) is 10.0 Å². The van der Waals surface area contributed by atoms with E-state index >= 15 is 0 Å². The van der Waals surface area contributed by atoms with Crippen LogP contribution >= 0.6 is 0 Å². The lowest BCUT2D eigenvalue weighted by molar-refractivity contribution is -0.117. The molecule has 0 aliphatic rings. The van der Waals surface area contributed by atoms with Gasteiger partial charge in [-0.2, -0.15) is 0 Å². The van der Waals surface area contributed by atoms with Gasteiger partial charge in [-0.25, -0.2) is 13.1 Å². The molecule has 0 aliphatic carbocycles. The zero-order valence-corrected chi connectivity index (χ0v) is 26.6. The first-order chi connectivity index (χ1) is 18.0. The van der Waals surface area contributed by atoms with Gasteiger partial charge in [0, 0.05) is 24.4 Å². The van der Waals surface area contributed by atoms with Crippen LogP contribution < -0.4 is 4.72 Å². The van der Waals surface area contributed by atoms with Gasteiger partial charge >= 0.3 is 0 Å². The van der Waals surface area contributed by atoms with E-state index in [2.05, 4.69) is 69.9 Å². The van der Waals surface area contributed by atoms with Crippen LogP contribution in [0.5, 0.6) is 0 Å². The quantitative estimate of drug-likeness (QED) is 0.136. The topological polar surface area (TPSA) is 63.2 Å². The van der Waals surface area contributed by atoms with E-state index in [4.69, 9.17) is 0 Å². The summed E-state index contributed by atoms with van der Waals surface area (Å²) in [6.07, 6.45) is 15.7. The number of Topliss-reactive ketones (excluding diaryl/α,β-unsaturated/α-hetero) is 1. The Morgan fingerprint density at radius 1 is 1.05 bits per heavy atom. The van der Waals surface area contributed by atoms with Gasteiger partial charge in [0.15, 0.2) is 0 Å². The molecule has 38 heavy (non-hydrogen) atoms. The maximum atomic E-state index is 11.8. The standard InChI is InChI=1S/C23H35NO2S.C5H10O.C5H12/c1-6-8-10-12-14-21-15-13-16-22(20(21)4)18-19(3)23(17-11-9-7-2)24-27(5,25)26;1-3-4-5(2)6;1-3-5-4-2/h6,13,15-16,19,23-24H,1,7-11,17-18H2,2-5H3;3-4H2,1-2H3;3-5H2,1-2H3. The molecule has 1 aromatic carbocycles. The summed E-state index contributed by atoms with van der Waals surface area (Å²) >= 11 is 0. The van der Waals surface area contributed by atoms with Gasteiger partial charge < -0.3 is 4.79 Å². The van der Waals surface area contributed by atoms with E-state index in [1.807, 2.05) is 19.1 Å². The lowest BCUT2D eigenvalue weighted by atomic mass is 9.88. The summed E-state index contributed by atoms with van der Waals surface area (Å²) in [5.41, 5.74) is 3.50. The molecule has 0 amide bonds. The number of hydrogen-bond acceptors (Lipinski definition) is 3. The molecular weight excluding hydrogens is 490 g/mol. The van der Waals surface area contributed by atoms with E-state index in [0.29, 0.717) is 0 Å². The Hall–Kier alpha value is -1.90. The van der Waals surface area contributed by atoms with Crippen LogP contribution in [0.3, 0.4) is 0 Å². The first kappa shape index (κ1) is 38.2. The minimum atomic E-state index is -3.21. The highest BCUT2D eigenvalue weighted by Crippen LogP contribution is 2.21. The minimum absolute atomic E-state index is 0.0340. The van der Waals surface area contributed by atoms with Gasteiger partial charge in [0.25, 0.3) is 0 Å². The highest BCUT2D eigenvalue weighted by Gasteiger charge is 2.21. The molecule has 0 saturated carbocycles. The van der Waals surface area contributed by atoms with Crippen molar-refractivity contribution in [1.82, 2.24) is 4.72 Å². The lowest BCUT2D eigenvalue weighted by Gasteiger charge is -2.25. The Morgan fingerprint density at radius 2 is 1.68 bits per heavy atom. The number of sulfonamides is 1. The van der Waals surface area contributed by atoms with Crippen LogP contribution in [0.25, 0.3) is 0 Å². The number of unbranched alkanes of at least 4 members (excludes halogenated alkanes) is 5. The van der Waals surface area contributed by atoms with Crippen molar-refractivity contribution in [3.05, 3.63) is 47.5 Å². The number of ketones is 1. The van der Waals surface area contributed by atoms with Crippen LogP contribution in [0.2, 0.25) is 0 Å². The van der Waals surface area contributed by atoms with Crippen molar-refractivity contribution < 1.29 is 13.2 Å². The van der Waals surface area contributed by atoms with E-state index in [9.17, 15) is 13.2 Å². The third-order valence-corrected chi connectivity index (χ3v) is 6.90. The smallest absolute Gasteiger partial charge is 0.208 e. The van der Waals surface area contributed by atoms with Crippen LogP contribution in [0.15, 0.2) is 30.9 Å². The van der Waals surface area contributed by atoms with Crippen molar-refractivity contribution in [2.45, 2.75) is 132 Å². The minimum Gasteiger partial charge on any atom is -0.300 e. The summed E-state index contributed by atoms with van der Waals surface area (Å²) < 4.78 is 26.4. The van der Waals surface area contributed by atoms with E-state index in [-0.39, 0.29) is 17.7 Å². The van der Waals surface area contributed by atoms with Crippen molar-refractivity contribution in [2.75, 3.05) is 6.26 Å². The third kappa shape index (κ3) is 22.1. The number of allylic oxidation sites excluding steroid dienone is 1. The number of hydrogen-bond donors (Lipinski definition) is 1. The molecule has 0 aliphatic heterocycles. The summed E-state index contributed by atoms with van der Waals surface area (Å²) in [4.78, 5) is 10.0. The predicted molar refractivity (Wildman–Crippen MR) is 167 cm³/mol. The van der Waals surface area contributed by atoms with Crippen LogP contribution in [0.4, 0.5) is 0 Å². The maximum absolute atomic E-state index is 11.8. The van der Waals surface area contributed by atoms with Crippen LogP contribution in [-0.4, -0.2) is 26.5 Å². The lowest BCUT2D eigenvalue weighted by Crippen LogP contribution is -2.39. The fourth-order valence-corrected chi connectivity index (χ4v) is 4.82. The van der Waals surface area contributed by atoms with E-state index < -0.39 is 10.0 Å². The first-order valence-electron chi connectivity index (χ1n) is 14.6. The van der Waals surface area contributed by atoms with Gasteiger partial charge in [-0.05, 0) is 62.6 Å². The molecular formula is C33H57NO3S. The van der Waals surface area contributed by atoms with Crippen LogP contribution in [-0.2, 0) is 21.2 Å². The maximum Gasteiger partial charge on any atom is 0.208 e. The summed E-state index contributed by atoms with van der Waals surface area (Å²) in [6, 6.07) is 6.19. The Kier molecular flexibility index (Phi) is 24.3. The second-order valence-corrected chi connectivity index (χ2v) is 12.0. The molecule has 0 radical (unpaired) electrons. The number of rotatable bonds is 15. The van der Waals surface area contributed by atoms with E-state index in [1.54, 1.807) is 6.92 Å². The molecule has 1 aromatic rings. The summed E-state index contributed by atoms with van der Waals surface area (Å²) in [5, 5.41) is 0. The number of nitrogens with one attached hydrogen (secondary N) is 1. The Bertz CT molecular complexity index is 923. The molecule has 0 aromatic heterocycles. The third-order valence-electron chi connectivity index (χ3n) is 6.16. The van der Waals surface area contributed by atoms with Crippen molar-refractivity contribution >= 4 is 15.8 Å². The normalized spacial score (nSPS) is 12.0. The van der Waals surface area contributed by atoms with Gasteiger partial charge in [0.1, 0.15) is 5.78 Å². The Labute approximate surface area is 236 Å². The monoisotopic (exact) mass is 547 g/mol. The SMILES string of the molecule is C=CCCC#Cc1cccc(CC(C)C(CCCCC)NS(C)(=O)=O)c1C.CCCC(C)=O.CCCCC. The largest absolute Gasteiger partial charge is 0.300 e. The number of carbonyl (C=O) groups is 1. The molecule has 1 rings (SSSR count). The van der Waals surface area contributed by atoms with E-state index in [1.165, 1.54) is 36.6 Å². The van der Waals surface area contributed by atoms with Crippen LogP contribution in [0, 0.1) is 24.7 Å². The average Bonchev–Trinajstić information content (AvgIpc) is 2.84. The Morgan fingerprint density at radius 3 is 2.13 bits per heavy atom. The van der Waals surface area contributed by atoms with Gasteiger partial charge in [0.05, 0.1) is 6.26 Å². The van der Waals surface area contributed by atoms with Gasteiger partial charge in [-0.15, -0.1) is 6.58 Å². The molecule has 0 bridgehead atoms. The van der Waals surface area contributed by atoms with Gasteiger partial charge in [-0.1, -0.05) is 103 Å². The average molecular weight is 548 g/mol. The molecule has 218 valence electrons.